The van der Waals surface area contributed by atoms with E-state index in [2.05, 4.69) is 15.7 Å². The molecule has 0 aliphatic carbocycles. The number of anilines is 1. The highest BCUT2D eigenvalue weighted by Gasteiger charge is 2.05. The third-order valence-electron chi connectivity index (χ3n) is 2.47. The predicted octanol–water partition coefficient (Wildman–Crippen LogP) is 0.914. The van der Waals surface area contributed by atoms with Gasteiger partial charge in [-0.2, -0.15) is 0 Å². The summed E-state index contributed by atoms with van der Waals surface area (Å²) in [6.45, 7) is 1.42. The smallest absolute Gasteiger partial charge is 0.269 e. The Hall–Kier alpha value is -1.66. The second-order valence-electron chi connectivity index (χ2n) is 3.89. The van der Waals surface area contributed by atoms with Crippen molar-refractivity contribution in [3.63, 3.8) is 0 Å². The lowest BCUT2D eigenvalue weighted by Gasteiger charge is -2.05. The van der Waals surface area contributed by atoms with Crippen molar-refractivity contribution >= 4 is 11.6 Å². The van der Waals surface area contributed by atoms with Crippen molar-refractivity contribution in [2.45, 2.75) is 19.3 Å². The van der Waals surface area contributed by atoms with E-state index in [4.69, 9.17) is 10.6 Å². The van der Waals surface area contributed by atoms with Crippen molar-refractivity contribution in [3.05, 3.63) is 24.0 Å². The van der Waals surface area contributed by atoms with Gasteiger partial charge < -0.3 is 15.5 Å². The molecule has 6 nitrogen and oxygen atoms in total. The summed E-state index contributed by atoms with van der Waals surface area (Å²) in [5, 5.41) is 2.82. The van der Waals surface area contributed by atoms with Gasteiger partial charge in [0.05, 0.1) is 11.9 Å². The van der Waals surface area contributed by atoms with Crippen molar-refractivity contribution in [1.82, 2.24) is 10.3 Å². The molecule has 0 atom stereocenters. The van der Waals surface area contributed by atoms with Gasteiger partial charge >= 0.3 is 0 Å². The summed E-state index contributed by atoms with van der Waals surface area (Å²) in [4.78, 5) is 15.7. The summed E-state index contributed by atoms with van der Waals surface area (Å²) >= 11 is 0. The van der Waals surface area contributed by atoms with E-state index in [1.165, 1.54) is 6.20 Å². The van der Waals surface area contributed by atoms with Crippen molar-refractivity contribution in [3.8, 4) is 0 Å². The number of rotatable bonds is 8. The fourth-order valence-corrected chi connectivity index (χ4v) is 1.45. The molecule has 0 spiro atoms. The van der Waals surface area contributed by atoms with Crippen LogP contribution in [0.1, 0.15) is 29.8 Å². The second-order valence-corrected chi connectivity index (χ2v) is 3.89. The number of amides is 1. The monoisotopic (exact) mass is 252 g/mol. The van der Waals surface area contributed by atoms with Crippen LogP contribution in [0.4, 0.5) is 5.69 Å². The molecule has 18 heavy (non-hydrogen) atoms. The molecule has 0 unspecified atom stereocenters. The molecule has 1 aromatic rings. The van der Waals surface area contributed by atoms with E-state index in [9.17, 15) is 4.79 Å². The quantitative estimate of drug-likeness (QED) is 0.363. The van der Waals surface area contributed by atoms with Gasteiger partial charge in [0.25, 0.3) is 5.91 Å². The number of hydrogen-bond donors (Lipinski definition) is 3. The van der Waals surface area contributed by atoms with Gasteiger partial charge in [-0.1, -0.05) is 0 Å². The van der Waals surface area contributed by atoms with Gasteiger partial charge in [0.1, 0.15) is 5.69 Å². The normalized spacial score (nSPS) is 10.1. The molecular weight excluding hydrogens is 232 g/mol. The minimum Gasteiger partial charge on any atom is -0.385 e. The van der Waals surface area contributed by atoms with Gasteiger partial charge in [0, 0.05) is 20.3 Å². The topological polar surface area (TPSA) is 89.3 Å². The number of nitrogen functional groups attached to an aromatic ring is 1. The van der Waals surface area contributed by atoms with Crippen LogP contribution in [0, 0.1) is 0 Å². The molecular formula is C12H20N4O2. The molecule has 1 aromatic heterocycles. The highest BCUT2D eigenvalue weighted by Crippen LogP contribution is 2.04. The molecule has 0 aliphatic rings. The average Bonchev–Trinajstić information content (AvgIpc) is 2.42. The van der Waals surface area contributed by atoms with Crippen molar-refractivity contribution in [2.75, 3.05) is 25.7 Å². The molecule has 6 heteroatoms. The van der Waals surface area contributed by atoms with Crippen molar-refractivity contribution in [2.24, 2.45) is 5.84 Å². The third kappa shape index (κ3) is 5.11. The largest absolute Gasteiger partial charge is 0.385 e. The highest BCUT2D eigenvalue weighted by atomic mass is 16.5. The Bertz CT molecular complexity index is 354. The molecule has 4 N–H and O–H groups in total. The maximum absolute atomic E-state index is 11.7. The molecule has 0 aromatic carbocycles. The van der Waals surface area contributed by atoms with Crippen LogP contribution >= 0.6 is 0 Å². The van der Waals surface area contributed by atoms with Gasteiger partial charge in [-0.25, -0.2) is 4.98 Å². The molecule has 100 valence electrons. The summed E-state index contributed by atoms with van der Waals surface area (Å²) in [6, 6.07) is 3.34. The highest BCUT2D eigenvalue weighted by molar-refractivity contribution is 5.92. The Morgan fingerprint density at radius 3 is 2.83 bits per heavy atom. The second kappa shape index (κ2) is 8.43. The summed E-state index contributed by atoms with van der Waals surface area (Å²) in [6.07, 6.45) is 4.52. The van der Waals surface area contributed by atoms with Gasteiger partial charge in [0.2, 0.25) is 0 Å². The number of ether oxygens (including phenoxy) is 1. The van der Waals surface area contributed by atoms with E-state index in [1.807, 2.05) is 0 Å². The summed E-state index contributed by atoms with van der Waals surface area (Å²) < 4.78 is 4.95. The molecule has 1 amide bonds. The van der Waals surface area contributed by atoms with E-state index >= 15 is 0 Å². The van der Waals surface area contributed by atoms with E-state index in [0.717, 1.165) is 25.9 Å². The number of nitrogens with one attached hydrogen (secondary N) is 2. The lowest BCUT2D eigenvalue weighted by atomic mass is 10.2. The third-order valence-corrected chi connectivity index (χ3v) is 2.47. The zero-order valence-corrected chi connectivity index (χ0v) is 10.6. The van der Waals surface area contributed by atoms with Crippen molar-refractivity contribution < 1.29 is 9.53 Å². The molecule has 0 aliphatic heterocycles. The Balaban J connectivity index is 2.23. The maximum atomic E-state index is 11.7. The van der Waals surface area contributed by atoms with E-state index in [1.54, 1.807) is 19.2 Å². The molecule has 0 saturated carbocycles. The van der Waals surface area contributed by atoms with Gasteiger partial charge in [0.15, 0.2) is 0 Å². The van der Waals surface area contributed by atoms with Crippen LogP contribution in [0.2, 0.25) is 0 Å². The molecule has 0 fully saturated rings. The number of carbonyl (C=O) groups is 1. The first-order valence-corrected chi connectivity index (χ1v) is 5.97. The Kier molecular flexibility index (Phi) is 6.75. The molecule has 1 rings (SSSR count). The number of nitrogens with two attached hydrogens (primary N) is 1. The average molecular weight is 252 g/mol. The van der Waals surface area contributed by atoms with Crippen molar-refractivity contribution in [1.29, 1.82) is 0 Å². The SMILES string of the molecule is COCCCCCNC(=O)c1ccc(NN)cn1. The lowest BCUT2D eigenvalue weighted by molar-refractivity contribution is 0.0947. The van der Waals surface area contributed by atoms with E-state index < -0.39 is 0 Å². The van der Waals surface area contributed by atoms with E-state index in [0.29, 0.717) is 17.9 Å². The van der Waals surface area contributed by atoms with Gasteiger partial charge in [-0.15, -0.1) is 0 Å². The molecule has 1 heterocycles. The van der Waals surface area contributed by atoms with Gasteiger partial charge in [-0.05, 0) is 31.4 Å². The molecule has 0 saturated heterocycles. The number of methoxy groups -OCH3 is 1. The first kappa shape index (κ1) is 14.4. The first-order valence-electron chi connectivity index (χ1n) is 5.97. The van der Waals surface area contributed by atoms with Crippen LogP contribution in [-0.4, -0.2) is 31.2 Å². The minimum atomic E-state index is -0.162. The number of nitrogens with zero attached hydrogens (tertiary/aromatic N) is 1. The van der Waals surface area contributed by atoms with Gasteiger partial charge in [-0.3, -0.25) is 10.6 Å². The number of hydrazine groups is 1. The van der Waals surface area contributed by atoms with E-state index in [-0.39, 0.29) is 5.91 Å². The zero-order chi connectivity index (χ0) is 13.2. The maximum Gasteiger partial charge on any atom is 0.269 e. The summed E-state index contributed by atoms with van der Waals surface area (Å²) in [5.74, 6) is 5.05. The standard InChI is InChI=1S/C12H20N4O2/c1-18-8-4-2-3-7-14-12(17)11-6-5-10(16-13)9-15-11/h5-6,9,16H,2-4,7-8,13H2,1H3,(H,14,17). The summed E-state index contributed by atoms with van der Waals surface area (Å²) in [5.41, 5.74) is 3.53. The van der Waals surface area contributed by atoms with Crippen LogP contribution in [0.5, 0.6) is 0 Å². The van der Waals surface area contributed by atoms with Crippen LogP contribution in [0.15, 0.2) is 18.3 Å². The Morgan fingerprint density at radius 1 is 1.39 bits per heavy atom. The molecule has 0 bridgehead atoms. The fourth-order valence-electron chi connectivity index (χ4n) is 1.45. The predicted molar refractivity (Wildman–Crippen MR) is 70.1 cm³/mol. The van der Waals surface area contributed by atoms with Crippen LogP contribution in [0.25, 0.3) is 0 Å². The van der Waals surface area contributed by atoms with Crippen LogP contribution in [0.3, 0.4) is 0 Å². The summed E-state index contributed by atoms with van der Waals surface area (Å²) in [7, 11) is 1.69. The Labute approximate surface area is 107 Å². The first-order chi connectivity index (χ1) is 8.77. The number of carbonyl (C=O) groups excluding carboxylic acids is 1. The number of hydrogen-bond acceptors (Lipinski definition) is 5. The zero-order valence-electron chi connectivity index (χ0n) is 10.6. The number of unbranched alkanes of at least 4 members (excludes halogenated alkanes) is 2. The van der Waals surface area contributed by atoms with Crippen LogP contribution < -0.4 is 16.6 Å². The fraction of sp³-hybridized carbons (Fsp3) is 0.500. The number of pyridine rings is 1. The van der Waals surface area contributed by atoms with Crippen LogP contribution in [-0.2, 0) is 4.74 Å². The number of aromatic nitrogens is 1. The Morgan fingerprint density at radius 2 is 2.22 bits per heavy atom. The molecule has 0 radical (unpaired) electrons. The lowest BCUT2D eigenvalue weighted by Crippen LogP contribution is -2.25. The minimum absolute atomic E-state index is 0.162.